The number of aromatic nitrogens is 3. The Kier molecular flexibility index (Phi) is 9.21. The van der Waals surface area contributed by atoms with E-state index in [0.29, 0.717) is 25.8 Å². The Morgan fingerprint density at radius 1 is 0.919 bits per heavy atom. The van der Waals surface area contributed by atoms with Gasteiger partial charge < -0.3 is 14.8 Å². The highest BCUT2D eigenvalue weighted by Crippen LogP contribution is 2.27. The second-order valence-corrected chi connectivity index (χ2v) is 9.63. The van der Waals surface area contributed by atoms with Crippen LogP contribution in [0.2, 0.25) is 0 Å². The van der Waals surface area contributed by atoms with Gasteiger partial charge in [-0.1, -0.05) is 59.8 Å². The molecule has 0 fully saturated rings. The smallest absolute Gasteiger partial charge is 0.220 e. The summed E-state index contributed by atoms with van der Waals surface area (Å²) in [6.45, 7) is 2.57. The second kappa shape index (κ2) is 13.0. The van der Waals surface area contributed by atoms with Crippen LogP contribution in [0.3, 0.4) is 0 Å². The quantitative estimate of drug-likeness (QED) is 0.250. The summed E-state index contributed by atoms with van der Waals surface area (Å²) < 4.78 is 12.7. The van der Waals surface area contributed by atoms with Gasteiger partial charge in [-0.2, -0.15) is 0 Å². The molecule has 0 unspecified atom stereocenters. The van der Waals surface area contributed by atoms with Gasteiger partial charge in [-0.05, 0) is 48.7 Å². The first kappa shape index (κ1) is 26.3. The van der Waals surface area contributed by atoms with Gasteiger partial charge in [0.25, 0.3) is 0 Å². The van der Waals surface area contributed by atoms with Crippen LogP contribution in [0.5, 0.6) is 11.5 Å². The normalized spacial score (nSPS) is 10.8. The summed E-state index contributed by atoms with van der Waals surface area (Å²) in [4.78, 5) is 12.5. The van der Waals surface area contributed by atoms with E-state index in [1.807, 2.05) is 48.5 Å². The lowest BCUT2D eigenvalue weighted by Gasteiger charge is -2.12. The Hall–Kier alpha value is -3.78. The molecule has 0 bridgehead atoms. The fraction of sp³-hybridized carbons (Fsp3) is 0.276. The third-order valence-electron chi connectivity index (χ3n) is 5.95. The van der Waals surface area contributed by atoms with Crippen molar-refractivity contribution in [1.29, 1.82) is 0 Å². The minimum absolute atomic E-state index is 0.0113. The molecular formula is C29H32N4O3S. The molecule has 0 saturated carbocycles. The Balaban J connectivity index is 1.40. The summed E-state index contributed by atoms with van der Waals surface area (Å²) >= 11 is 1.64. The summed E-state index contributed by atoms with van der Waals surface area (Å²) in [5, 5.41) is 12.8. The van der Waals surface area contributed by atoms with Crippen LogP contribution in [0, 0.1) is 6.92 Å². The van der Waals surface area contributed by atoms with Crippen LogP contribution in [-0.4, -0.2) is 34.9 Å². The van der Waals surface area contributed by atoms with Gasteiger partial charge in [0.2, 0.25) is 5.91 Å². The number of aryl methyl sites for hydroxylation is 2. The lowest BCUT2D eigenvalue weighted by molar-refractivity contribution is -0.121. The van der Waals surface area contributed by atoms with Crippen LogP contribution in [0.4, 0.5) is 0 Å². The van der Waals surface area contributed by atoms with Gasteiger partial charge in [0, 0.05) is 31.2 Å². The van der Waals surface area contributed by atoms with Gasteiger partial charge in [-0.3, -0.25) is 9.36 Å². The molecule has 0 aliphatic heterocycles. The molecule has 37 heavy (non-hydrogen) atoms. The fourth-order valence-corrected chi connectivity index (χ4v) is 4.76. The number of ether oxygens (including phenoxy) is 2. The Morgan fingerprint density at radius 3 is 2.38 bits per heavy atom. The van der Waals surface area contributed by atoms with Crippen molar-refractivity contribution in [2.75, 3.05) is 14.2 Å². The van der Waals surface area contributed by atoms with Gasteiger partial charge in [-0.25, -0.2) is 0 Å². The van der Waals surface area contributed by atoms with E-state index in [0.717, 1.165) is 39.5 Å². The highest BCUT2D eigenvalue weighted by molar-refractivity contribution is 7.98. The van der Waals surface area contributed by atoms with Gasteiger partial charge in [0.15, 0.2) is 5.16 Å². The summed E-state index contributed by atoms with van der Waals surface area (Å²) in [6.07, 6.45) is 1.71. The highest BCUT2D eigenvalue weighted by atomic mass is 32.2. The molecule has 1 heterocycles. The van der Waals surface area contributed by atoms with E-state index >= 15 is 0 Å². The molecule has 7 nitrogen and oxygen atoms in total. The molecule has 1 aromatic heterocycles. The standard InChI is InChI=1S/C29H32N4O3S/c1-21-10-12-23(13-11-21)20-37-29-32-31-27(33(29)24-6-4-7-26(18-24)36-3)8-5-9-28(34)30-19-22-14-16-25(35-2)17-15-22/h4,6-7,10-18H,5,8-9,19-20H2,1-3H3,(H,30,34). The molecule has 3 aromatic carbocycles. The van der Waals surface area contributed by atoms with E-state index in [2.05, 4.69) is 51.3 Å². The number of benzene rings is 3. The molecule has 0 radical (unpaired) electrons. The maximum Gasteiger partial charge on any atom is 0.220 e. The fourth-order valence-electron chi connectivity index (χ4n) is 3.84. The SMILES string of the molecule is COc1ccc(CNC(=O)CCCc2nnc(SCc3ccc(C)cc3)n2-c2cccc(OC)c2)cc1. The number of methoxy groups -OCH3 is 2. The first-order chi connectivity index (χ1) is 18.1. The number of carbonyl (C=O) groups excluding carboxylic acids is 1. The molecule has 0 spiro atoms. The number of carbonyl (C=O) groups is 1. The summed E-state index contributed by atoms with van der Waals surface area (Å²) in [6, 6.07) is 24.1. The predicted molar refractivity (Wildman–Crippen MR) is 146 cm³/mol. The molecule has 0 saturated heterocycles. The highest BCUT2D eigenvalue weighted by Gasteiger charge is 2.16. The van der Waals surface area contributed by atoms with Crippen molar-refractivity contribution < 1.29 is 14.3 Å². The van der Waals surface area contributed by atoms with Crippen molar-refractivity contribution in [3.05, 3.63) is 95.3 Å². The maximum absolute atomic E-state index is 12.5. The van der Waals surface area contributed by atoms with Crippen LogP contribution in [-0.2, 0) is 23.5 Å². The summed E-state index contributed by atoms with van der Waals surface area (Å²) in [7, 11) is 3.29. The van der Waals surface area contributed by atoms with Crippen molar-refractivity contribution in [2.45, 2.75) is 43.6 Å². The van der Waals surface area contributed by atoms with Gasteiger partial charge in [0.1, 0.15) is 17.3 Å². The lowest BCUT2D eigenvalue weighted by Crippen LogP contribution is -2.22. The van der Waals surface area contributed by atoms with Gasteiger partial charge >= 0.3 is 0 Å². The molecule has 8 heteroatoms. The zero-order valence-electron chi connectivity index (χ0n) is 21.4. The third-order valence-corrected chi connectivity index (χ3v) is 6.95. The van der Waals surface area contributed by atoms with Crippen molar-refractivity contribution in [3.63, 3.8) is 0 Å². The lowest BCUT2D eigenvalue weighted by atomic mass is 10.2. The van der Waals surface area contributed by atoms with Crippen LogP contribution in [0.15, 0.2) is 78.0 Å². The Morgan fingerprint density at radius 2 is 1.65 bits per heavy atom. The third kappa shape index (κ3) is 7.36. The largest absolute Gasteiger partial charge is 0.497 e. The molecular weight excluding hydrogens is 484 g/mol. The van der Waals surface area contributed by atoms with Crippen LogP contribution in [0.1, 0.15) is 35.4 Å². The zero-order valence-corrected chi connectivity index (χ0v) is 22.3. The monoisotopic (exact) mass is 516 g/mol. The van der Waals surface area contributed by atoms with E-state index in [4.69, 9.17) is 9.47 Å². The number of nitrogens with zero attached hydrogens (tertiary/aromatic N) is 3. The van der Waals surface area contributed by atoms with Crippen molar-refractivity contribution in [1.82, 2.24) is 20.1 Å². The topological polar surface area (TPSA) is 78.3 Å². The minimum Gasteiger partial charge on any atom is -0.497 e. The molecule has 0 aliphatic carbocycles. The van der Waals surface area contributed by atoms with E-state index in [1.165, 1.54) is 11.1 Å². The first-order valence-electron chi connectivity index (χ1n) is 12.2. The van der Waals surface area contributed by atoms with Crippen molar-refractivity contribution in [3.8, 4) is 17.2 Å². The van der Waals surface area contributed by atoms with E-state index in [-0.39, 0.29) is 5.91 Å². The van der Waals surface area contributed by atoms with Crippen molar-refractivity contribution in [2.24, 2.45) is 0 Å². The number of rotatable bonds is 12. The minimum atomic E-state index is 0.0113. The van der Waals surface area contributed by atoms with Crippen LogP contribution >= 0.6 is 11.8 Å². The van der Waals surface area contributed by atoms with Crippen LogP contribution in [0.25, 0.3) is 5.69 Å². The second-order valence-electron chi connectivity index (χ2n) is 8.69. The predicted octanol–water partition coefficient (Wildman–Crippen LogP) is 5.52. The average Bonchev–Trinajstić information content (AvgIpc) is 3.34. The van der Waals surface area contributed by atoms with Crippen LogP contribution < -0.4 is 14.8 Å². The molecule has 1 N–H and O–H groups in total. The summed E-state index contributed by atoms with van der Waals surface area (Å²) in [5.41, 5.74) is 4.44. The number of hydrogen-bond donors (Lipinski definition) is 1. The Bertz CT molecular complexity index is 1300. The molecule has 4 rings (SSSR count). The van der Waals surface area contributed by atoms with Crippen molar-refractivity contribution >= 4 is 17.7 Å². The molecule has 0 atom stereocenters. The molecule has 1 amide bonds. The number of amides is 1. The van der Waals surface area contributed by atoms with Gasteiger partial charge in [-0.15, -0.1) is 10.2 Å². The molecule has 192 valence electrons. The zero-order chi connectivity index (χ0) is 26.0. The molecule has 4 aromatic rings. The van der Waals surface area contributed by atoms with Gasteiger partial charge in [0.05, 0.1) is 19.9 Å². The Labute approximate surface area is 222 Å². The van der Waals surface area contributed by atoms with E-state index in [1.54, 1.807) is 26.0 Å². The maximum atomic E-state index is 12.5. The number of nitrogens with one attached hydrogen (secondary N) is 1. The average molecular weight is 517 g/mol. The number of thioether (sulfide) groups is 1. The molecule has 0 aliphatic rings. The summed E-state index contributed by atoms with van der Waals surface area (Å²) in [5.74, 6) is 3.19. The van der Waals surface area contributed by atoms with E-state index in [9.17, 15) is 4.79 Å². The number of hydrogen-bond acceptors (Lipinski definition) is 6. The first-order valence-corrected chi connectivity index (χ1v) is 13.2. The van der Waals surface area contributed by atoms with E-state index < -0.39 is 0 Å².